The van der Waals surface area contributed by atoms with Crippen LogP contribution < -0.4 is 4.74 Å². The molecule has 0 bridgehead atoms. The first-order chi connectivity index (χ1) is 13.5. The third-order valence-corrected chi connectivity index (χ3v) is 5.59. The number of halogens is 2. The van der Waals surface area contributed by atoms with E-state index in [1.54, 1.807) is 31.0 Å². The summed E-state index contributed by atoms with van der Waals surface area (Å²) in [6.07, 6.45) is 0.707. The van der Waals surface area contributed by atoms with Crippen LogP contribution in [0.25, 0.3) is 11.3 Å². The van der Waals surface area contributed by atoms with E-state index in [9.17, 15) is 9.18 Å². The maximum absolute atomic E-state index is 13.2. The molecule has 4 rings (SSSR count). The molecule has 1 amide bonds. The molecule has 0 unspecified atom stereocenters. The lowest BCUT2D eigenvalue weighted by molar-refractivity contribution is 0.0715. The Kier molecular flexibility index (Phi) is 4.93. The third-order valence-electron chi connectivity index (χ3n) is 4.97. The van der Waals surface area contributed by atoms with Gasteiger partial charge in [0.2, 0.25) is 0 Å². The summed E-state index contributed by atoms with van der Waals surface area (Å²) in [4.78, 5) is 14.9. The van der Waals surface area contributed by atoms with Crippen LogP contribution in [0.3, 0.4) is 0 Å². The standard InChI is InChI=1S/C21H19BrFN3O2/c1-25-20-16(19(24-25)14-4-6-15(23)7-5-14)9-10-26(21(20)27)12-13-3-8-18(28-2)17(22)11-13/h3-8,11H,9-10,12H2,1-2H3. The Morgan fingerprint density at radius 1 is 1.21 bits per heavy atom. The smallest absolute Gasteiger partial charge is 0.272 e. The molecule has 0 radical (unpaired) electrons. The first-order valence-electron chi connectivity index (χ1n) is 8.91. The van der Waals surface area contributed by atoms with Gasteiger partial charge in [-0.25, -0.2) is 4.39 Å². The second kappa shape index (κ2) is 7.39. The molecule has 7 heteroatoms. The van der Waals surface area contributed by atoms with Gasteiger partial charge in [-0.2, -0.15) is 5.10 Å². The predicted molar refractivity (Wildman–Crippen MR) is 108 cm³/mol. The number of amides is 1. The quantitative estimate of drug-likeness (QED) is 0.606. The molecule has 2 aromatic carbocycles. The van der Waals surface area contributed by atoms with Crippen molar-refractivity contribution < 1.29 is 13.9 Å². The van der Waals surface area contributed by atoms with E-state index in [4.69, 9.17) is 4.74 Å². The second-order valence-electron chi connectivity index (χ2n) is 6.75. The Morgan fingerprint density at radius 2 is 1.96 bits per heavy atom. The fourth-order valence-electron chi connectivity index (χ4n) is 3.59. The molecule has 3 aromatic rings. The minimum atomic E-state index is -0.290. The summed E-state index contributed by atoms with van der Waals surface area (Å²) in [5, 5.41) is 4.54. The lowest BCUT2D eigenvalue weighted by Gasteiger charge is -2.27. The van der Waals surface area contributed by atoms with Gasteiger partial charge in [0.1, 0.15) is 17.3 Å². The van der Waals surface area contributed by atoms with Crippen molar-refractivity contribution in [1.29, 1.82) is 0 Å². The molecule has 0 N–H and O–H groups in total. The lowest BCUT2D eigenvalue weighted by atomic mass is 9.99. The van der Waals surface area contributed by atoms with Gasteiger partial charge in [0.05, 0.1) is 17.3 Å². The van der Waals surface area contributed by atoms with Crippen molar-refractivity contribution in [1.82, 2.24) is 14.7 Å². The van der Waals surface area contributed by atoms with E-state index in [0.29, 0.717) is 25.2 Å². The highest BCUT2D eigenvalue weighted by Crippen LogP contribution is 2.31. The third kappa shape index (κ3) is 3.30. The molecule has 1 aromatic heterocycles. The van der Waals surface area contributed by atoms with E-state index >= 15 is 0 Å². The van der Waals surface area contributed by atoms with E-state index in [1.165, 1.54) is 12.1 Å². The van der Waals surface area contributed by atoms with E-state index in [-0.39, 0.29) is 11.7 Å². The minimum Gasteiger partial charge on any atom is -0.496 e. The van der Waals surface area contributed by atoms with Crippen molar-refractivity contribution >= 4 is 21.8 Å². The highest BCUT2D eigenvalue weighted by atomic mass is 79.9. The van der Waals surface area contributed by atoms with Crippen molar-refractivity contribution in [3.63, 3.8) is 0 Å². The van der Waals surface area contributed by atoms with Crippen LogP contribution in [0.5, 0.6) is 5.75 Å². The zero-order valence-corrected chi connectivity index (χ0v) is 17.2. The second-order valence-corrected chi connectivity index (χ2v) is 7.61. The van der Waals surface area contributed by atoms with Crippen LogP contribution in [-0.4, -0.2) is 34.2 Å². The summed E-state index contributed by atoms with van der Waals surface area (Å²) in [6.45, 7) is 1.12. The maximum atomic E-state index is 13.2. The molecule has 1 aliphatic heterocycles. The summed E-state index contributed by atoms with van der Waals surface area (Å²) in [5.41, 5.74) is 4.10. The van der Waals surface area contributed by atoms with Crippen molar-refractivity contribution in [2.45, 2.75) is 13.0 Å². The minimum absolute atomic E-state index is 0.0449. The number of nitrogens with zero attached hydrogens (tertiary/aromatic N) is 3. The largest absolute Gasteiger partial charge is 0.496 e. The first kappa shape index (κ1) is 18.7. The van der Waals surface area contributed by atoms with Crippen LogP contribution in [-0.2, 0) is 20.0 Å². The maximum Gasteiger partial charge on any atom is 0.272 e. The molecule has 28 heavy (non-hydrogen) atoms. The number of rotatable bonds is 4. The average Bonchev–Trinajstić information content (AvgIpc) is 3.02. The van der Waals surface area contributed by atoms with Gasteiger partial charge < -0.3 is 9.64 Å². The Balaban J connectivity index is 1.62. The van der Waals surface area contributed by atoms with E-state index < -0.39 is 0 Å². The highest BCUT2D eigenvalue weighted by Gasteiger charge is 2.31. The number of ether oxygens (including phenoxy) is 1. The molecule has 0 aliphatic carbocycles. The monoisotopic (exact) mass is 443 g/mol. The normalized spacial score (nSPS) is 13.6. The SMILES string of the molecule is COc1ccc(CN2CCc3c(-c4ccc(F)cc4)nn(C)c3C2=O)cc1Br. The molecular weight excluding hydrogens is 425 g/mol. The van der Waals surface area contributed by atoms with Crippen LogP contribution in [0.2, 0.25) is 0 Å². The molecule has 0 atom stereocenters. The van der Waals surface area contributed by atoms with Gasteiger partial charge in [0.25, 0.3) is 5.91 Å². The molecule has 0 saturated heterocycles. The molecule has 0 fully saturated rings. The zero-order valence-electron chi connectivity index (χ0n) is 15.6. The number of hydrogen-bond acceptors (Lipinski definition) is 3. The molecule has 2 heterocycles. The summed E-state index contributed by atoms with van der Waals surface area (Å²) < 4.78 is 21.0. The fraction of sp³-hybridized carbons (Fsp3) is 0.238. The number of carbonyl (C=O) groups excluding carboxylic acids is 1. The van der Waals surface area contributed by atoms with E-state index in [1.807, 2.05) is 23.1 Å². The number of methoxy groups -OCH3 is 1. The molecule has 0 spiro atoms. The van der Waals surface area contributed by atoms with Crippen molar-refractivity contribution in [3.8, 4) is 17.0 Å². The first-order valence-corrected chi connectivity index (χ1v) is 9.70. The molecular formula is C21H19BrFN3O2. The van der Waals surface area contributed by atoms with Gasteiger partial charge in [-0.05, 0) is 64.3 Å². The van der Waals surface area contributed by atoms with Crippen molar-refractivity contribution in [2.75, 3.05) is 13.7 Å². The van der Waals surface area contributed by atoms with Gasteiger partial charge in [-0.15, -0.1) is 0 Å². The summed E-state index contributed by atoms with van der Waals surface area (Å²) >= 11 is 3.49. The van der Waals surface area contributed by atoms with Gasteiger partial charge >= 0.3 is 0 Å². The molecule has 144 valence electrons. The number of hydrogen-bond donors (Lipinski definition) is 0. The van der Waals surface area contributed by atoms with Crippen molar-refractivity contribution in [3.05, 3.63) is 69.6 Å². The molecule has 5 nitrogen and oxygen atoms in total. The fourth-order valence-corrected chi connectivity index (χ4v) is 4.18. The molecule has 1 aliphatic rings. The van der Waals surface area contributed by atoms with E-state index in [0.717, 1.165) is 32.6 Å². The van der Waals surface area contributed by atoms with Crippen molar-refractivity contribution in [2.24, 2.45) is 7.05 Å². The number of aromatic nitrogens is 2. The number of benzene rings is 2. The Labute approximate surface area is 170 Å². The topological polar surface area (TPSA) is 47.4 Å². The average molecular weight is 444 g/mol. The van der Waals surface area contributed by atoms with Gasteiger partial charge in [0.15, 0.2) is 0 Å². The summed E-state index contributed by atoms with van der Waals surface area (Å²) in [7, 11) is 3.40. The number of fused-ring (bicyclic) bond motifs is 1. The van der Waals surface area contributed by atoms with Crippen LogP contribution >= 0.6 is 15.9 Å². The number of aryl methyl sites for hydroxylation is 1. The van der Waals surface area contributed by atoms with Crippen LogP contribution in [0, 0.1) is 5.82 Å². The van der Waals surface area contributed by atoms with Crippen LogP contribution in [0.4, 0.5) is 4.39 Å². The summed E-state index contributed by atoms with van der Waals surface area (Å²) in [6, 6.07) is 12.0. The Hall–Kier alpha value is -2.67. The number of carbonyl (C=O) groups is 1. The Morgan fingerprint density at radius 3 is 2.64 bits per heavy atom. The van der Waals surface area contributed by atoms with Gasteiger partial charge in [-0.1, -0.05) is 6.07 Å². The van der Waals surface area contributed by atoms with Gasteiger partial charge in [0, 0.05) is 31.3 Å². The van der Waals surface area contributed by atoms with Crippen LogP contribution in [0.15, 0.2) is 46.9 Å². The Bertz CT molecular complexity index is 1050. The lowest BCUT2D eigenvalue weighted by Crippen LogP contribution is -2.38. The van der Waals surface area contributed by atoms with E-state index in [2.05, 4.69) is 21.0 Å². The highest BCUT2D eigenvalue weighted by molar-refractivity contribution is 9.10. The van der Waals surface area contributed by atoms with Gasteiger partial charge in [-0.3, -0.25) is 9.48 Å². The predicted octanol–water partition coefficient (Wildman–Crippen LogP) is 4.20. The summed E-state index contributed by atoms with van der Waals surface area (Å²) in [5.74, 6) is 0.421. The molecule has 0 saturated carbocycles. The van der Waals surface area contributed by atoms with Crippen LogP contribution in [0.1, 0.15) is 21.6 Å². The zero-order chi connectivity index (χ0) is 19.8.